The maximum absolute atomic E-state index is 10.7. The Morgan fingerprint density at radius 1 is 0.970 bits per heavy atom. The van der Waals surface area contributed by atoms with Crippen LogP contribution < -0.4 is 19.6 Å². The molecule has 0 bridgehead atoms. The number of nitrogens with one attached hydrogen (secondary N) is 1. The Balaban J connectivity index is 1.46. The third kappa shape index (κ3) is 7.24. The van der Waals surface area contributed by atoms with Crippen molar-refractivity contribution in [2.75, 3.05) is 25.7 Å². The highest BCUT2D eigenvalue weighted by Crippen LogP contribution is 2.27. The molecule has 0 fully saturated rings. The highest BCUT2D eigenvalue weighted by atomic mass is 16.6. The molecule has 0 saturated heterocycles. The Morgan fingerprint density at radius 3 is 2.36 bits per heavy atom. The van der Waals surface area contributed by atoms with Crippen LogP contribution in [0, 0.1) is 10.1 Å². The van der Waals surface area contributed by atoms with Gasteiger partial charge in [0.2, 0.25) is 0 Å². The van der Waals surface area contributed by atoms with Crippen molar-refractivity contribution in [3.8, 4) is 17.2 Å². The van der Waals surface area contributed by atoms with Gasteiger partial charge >= 0.3 is 0 Å². The van der Waals surface area contributed by atoms with E-state index in [0.717, 1.165) is 24.2 Å². The first-order valence-corrected chi connectivity index (χ1v) is 10.6. The summed E-state index contributed by atoms with van der Waals surface area (Å²) in [7, 11) is 1.58. The topological polar surface area (TPSA) is 95.2 Å². The monoisotopic (exact) mass is 449 g/mol. The summed E-state index contributed by atoms with van der Waals surface area (Å²) in [5.74, 6) is 2.10. The van der Waals surface area contributed by atoms with Gasteiger partial charge in [-0.2, -0.15) is 5.10 Å². The van der Waals surface area contributed by atoms with Crippen molar-refractivity contribution in [1.82, 2.24) is 0 Å². The van der Waals surface area contributed by atoms with E-state index in [2.05, 4.69) is 29.6 Å². The van der Waals surface area contributed by atoms with Gasteiger partial charge in [0.05, 0.1) is 37.1 Å². The summed E-state index contributed by atoms with van der Waals surface area (Å²) in [4.78, 5) is 10.3. The van der Waals surface area contributed by atoms with E-state index in [1.165, 1.54) is 17.7 Å². The fraction of sp³-hybridized carbons (Fsp3) is 0.240. The zero-order valence-corrected chi connectivity index (χ0v) is 18.7. The molecule has 0 spiro atoms. The van der Waals surface area contributed by atoms with Crippen LogP contribution in [-0.4, -0.2) is 31.5 Å². The highest BCUT2D eigenvalue weighted by Gasteiger charge is 2.06. The minimum atomic E-state index is -0.443. The standard InChI is InChI=1S/C25H27N3O5/c1-3-19-5-12-23(13-6-19)32-15-4-16-33-24-14-7-20(17-25(24)31-2)18-26-27-21-8-10-22(11-9-21)28(29)30/h5-14,17-18,27H,3-4,15-16H2,1-2H3. The number of nitrogens with zero attached hydrogens (tertiary/aromatic N) is 2. The molecule has 0 radical (unpaired) electrons. The molecule has 1 N–H and O–H groups in total. The summed E-state index contributed by atoms with van der Waals surface area (Å²) < 4.78 is 17.0. The van der Waals surface area contributed by atoms with Crippen molar-refractivity contribution < 1.29 is 19.1 Å². The third-order valence-electron chi connectivity index (χ3n) is 4.82. The highest BCUT2D eigenvalue weighted by molar-refractivity contribution is 5.81. The first-order valence-electron chi connectivity index (χ1n) is 10.6. The third-order valence-corrected chi connectivity index (χ3v) is 4.82. The molecule has 3 aromatic carbocycles. The number of aryl methyl sites for hydroxylation is 1. The molecule has 0 aromatic heterocycles. The Hall–Kier alpha value is -4.07. The molecule has 0 amide bonds. The SMILES string of the molecule is CCc1ccc(OCCCOc2ccc(C=NNc3ccc([N+](=O)[O-])cc3)cc2OC)cc1. The maximum Gasteiger partial charge on any atom is 0.269 e. The van der Waals surface area contributed by atoms with Gasteiger partial charge in [-0.25, -0.2) is 0 Å². The minimum Gasteiger partial charge on any atom is -0.493 e. The van der Waals surface area contributed by atoms with Crippen molar-refractivity contribution in [2.45, 2.75) is 19.8 Å². The van der Waals surface area contributed by atoms with Gasteiger partial charge < -0.3 is 14.2 Å². The number of nitro benzene ring substituents is 1. The number of benzene rings is 3. The number of anilines is 1. The van der Waals surface area contributed by atoms with Crippen LogP contribution in [0.2, 0.25) is 0 Å². The molecular formula is C25H27N3O5. The summed E-state index contributed by atoms with van der Waals surface area (Å²) in [6.45, 7) is 3.19. The lowest BCUT2D eigenvalue weighted by Crippen LogP contribution is -2.06. The average molecular weight is 450 g/mol. The Kier molecular flexibility index (Phi) is 8.64. The van der Waals surface area contributed by atoms with Crippen LogP contribution in [-0.2, 0) is 6.42 Å². The zero-order valence-electron chi connectivity index (χ0n) is 18.7. The van der Waals surface area contributed by atoms with Crippen molar-refractivity contribution in [3.05, 3.63) is 88.0 Å². The molecule has 3 rings (SSSR count). The van der Waals surface area contributed by atoms with Crippen LogP contribution in [0.5, 0.6) is 17.2 Å². The lowest BCUT2D eigenvalue weighted by molar-refractivity contribution is -0.384. The number of non-ortho nitro benzene ring substituents is 1. The molecule has 0 atom stereocenters. The van der Waals surface area contributed by atoms with Gasteiger partial charge in [-0.1, -0.05) is 19.1 Å². The summed E-state index contributed by atoms with van der Waals surface area (Å²) in [5.41, 5.74) is 5.61. The fourth-order valence-corrected chi connectivity index (χ4v) is 2.98. The van der Waals surface area contributed by atoms with Gasteiger partial charge in [-0.05, 0) is 60.0 Å². The van der Waals surface area contributed by atoms with Crippen LogP contribution in [0.1, 0.15) is 24.5 Å². The van der Waals surface area contributed by atoms with E-state index in [1.807, 2.05) is 30.3 Å². The molecule has 8 nitrogen and oxygen atoms in total. The zero-order chi connectivity index (χ0) is 23.5. The van der Waals surface area contributed by atoms with E-state index in [9.17, 15) is 10.1 Å². The number of nitro groups is 1. The number of ether oxygens (including phenoxy) is 3. The van der Waals surface area contributed by atoms with Gasteiger partial charge in [-0.3, -0.25) is 15.5 Å². The lowest BCUT2D eigenvalue weighted by atomic mass is 10.2. The molecule has 0 saturated carbocycles. The molecule has 0 aliphatic heterocycles. The second-order valence-electron chi connectivity index (χ2n) is 7.13. The van der Waals surface area contributed by atoms with Crippen molar-refractivity contribution in [2.24, 2.45) is 5.10 Å². The Morgan fingerprint density at radius 2 is 1.70 bits per heavy atom. The predicted octanol–water partition coefficient (Wildman–Crippen LogP) is 5.46. The molecule has 172 valence electrons. The number of hydrogen-bond donors (Lipinski definition) is 1. The van der Waals surface area contributed by atoms with Crippen molar-refractivity contribution >= 4 is 17.6 Å². The van der Waals surface area contributed by atoms with Gasteiger partial charge in [0, 0.05) is 18.6 Å². The molecule has 0 aliphatic carbocycles. The molecule has 0 unspecified atom stereocenters. The van der Waals surface area contributed by atoms with E-state index in [1.54, 1.807) is 25.5 Å². The molecule has 8 heteroatoms. The van der Waals surface area contributed by atoms with E-state index >= 15 is 0 Å². The molecular weight excluding hydrogens is 422 g/mol. The summed E-state index contributed by atoms with van der Waals surface area (Å²) in [6.07, 6.45) is 3.38. The lowest BCUT2D eigenvalue weighted by Gasteiger charge is -2.12. The van der Waals surface area contributed by atoms with E-state index in [-0.39, 0.29) is 5.69 Å². The fourth-order valence-electron chi connectivity index (χ4n) is 2.98. The molecule has 0 heterocycles. The first kappa shape index (κ1) is 23.6. The van der Waals surface area contributed by atoms with Crippen molar-refractivity contribution in [1.29, 1.82) is 0 Å². The van der Waals surface area contributed by atoms with Gasteiger partial charge in [0.25, 0.3) is 5.69 Å². The van der Waals surface area contributed by atoms with Gasteiger partial charge in [0.1, 0.15) is 5.75 Å². The van der Waals surface area contributed by atoms with E-state index in [0.29, 0.717) is 30.4 Å². The van der Waals surface area contributed by atoms with Crippen LogP contribution >= 0.6 is 0 Å². The van der Waals surface area contributed by atoms with Gasteiger partial charge in [0.15, 0.2) is 11.5 Å². The minimum absolute atomic E-state index is 0.0297. The second kappa shape index (κ2) is 12.1. The Labute approximate surface area is 193 Å². The second-order valence-corrected chi connectivity index (χ2v) is 7.13. The summed E-state index contributed by atoms with van der Waals surface area (Å²) in [6, 6.07) is 19.7. The van der Waals surface area contributed by atoms with Gasteiger partial charge in [-0.15, -0.1) is 0 Å². The van der Waals surface area contributed by atoms with Crippen LogP contribution in [0.4, 0.5) is 11.4 Å². The predicted molar refractivity (Wildman–Crippen MR) is 129 cm³/mol. The number of methoxy groups -OCH3 is 1. The molecule has 3 aromatic rings. The normalized spacial score (nSPS) is 10.7. The smallest absolute Gasteiger partial charge is 0.269 e. The first-order chi connectivity index (χ1) is 16.1. The summed E-state index contributed by atoms with van der Waals surface area (Å²) in [5, 5.41) is 14.9. The number of hydrogen-bond acceptors (Lipinski definition) is 7. The van der Waals surface area contributed by atoms with Crippen LogP contribution in [0.15, 0.2) is 71.8 Å². The Bertz CT molecular complexity index is 1070. The number of hydrazone groups is 1. The maximum atomic E-state index is 10.7. The van der Waals surface area contributed by atoms with Crippen LogP contribution in [0.25, 0.3) is 0 Å². The largest absolute Gasteiger partial charge is 0.493 e. The number of rotatable bonds is 12. The molecule has 33 heavy (non-hydrogen) atoms. The summed E-state index contributed by atoms with van der Waals surface area (Å²) >= 11 is 0. The van der Waals surface area contributed by atoms with E-state index in [4.69, 9.17) is 14.2 Å². The molecule has 0 aliphatic rings. The van der Waals surface area contributed by atoms with Crippen molar-refractivity contribution in [3.63, 3.8) is 0 Å². The van der Waals surface area contributed by atoms with Crippen LogP contribution in [0.3, 0.4) is 0 Å². The quantitative estimate of drug-likeness (QED) is 0.171. The average Bonchev–Trinajstić information content (AvgIpc) is 2.85. The van der Waals surface area contributed by atoms with E-state index < -0.39 is 4.92 Å².